The Hall–Kier alpha value is -5.73. The van der Waals surface area contributed by atoms with Crippen LogP contribution < -0.4 is 0 Å². The largest absolute Gasteiger partial charge is 0.306 e. The molecule has 0 bridgehead atoms. The first-order valence-electron chi connectivity index (χ1n) is 14.7. The Morgan fingerprint density at radius 2 is 0.953 bits per heavy atom. The van der Waals surface area contributed by atoms with E-state index < -0.39 is 0 Å². The van der Waals surface area contributed by atoms with Crippen molar-refractivity contribution < 1.29 is 0 Å². The third kappa shape index (κ3) is 3.70. The van der Waals surface area contributed by atoms with Crippen LogP contribution in [-0.4, -0.2) is 9.38 Å². The highest BCUT2D eigenvalue weighted by Crippen LogP contribution is 2.46. The first kappa shape index (κ1) is 23.9. The minimum absolute atomic E-state index is 0.954. The number of benzene rings is 7. The van der Waals surface area contributed by atoms with Crippen LogP contribution >= 0.6 is 0 Å². The maximum atomic E-state index is 4.84. The molecule has 200 valence electrons. The van der Waals surface area contributed by atoms with Crippen LogP contribution in [0.2, 0.25) is 0 Å². The van der Waals surface area contributed by atoms with Gasteiger partial charge in [-0.2, -0.15) is 0 Å². The SMILES string of the molecule is c1ccc2c(c1)cc(-c1c3ccccc3c(-c3ccc(-c4cn5ccccc5n4)cc3)c3ccccc13)c1ccccc12. The summed E-state index contributed by atoms with van der Waals surface area (Å²) in [6.07, 6.45) is 4.14. The van der Waals surface area contributed by atoms with Gasteiger partial charge >= 0.3 is 0 Å². The van der Waals surface area contributed by atoms with E-state index in [9.17, 15) is 0 Å². The molecule has 0 amide bonds. The maximum absolute atomic E-state index is 4.84. The third-order valence-electron chi connectivity index (χ3n) is 8.80. The van der Waals surface area contributed by atoms with Gasteiger partial charge in [-0.25, -0.2) is 4.98 Å². The molecule has 7 aromatic carbocycles. The fourth-order valence-corrected chi connectivity index (χ4v) is 6.87. The van der Waals surface area contributed by atoms with E-state index in [1.807, 2.05) is 24.4 Å². The van der Waals surface area contributed by atoms with Gasteiger partial charge in [-0.05, 0) is 83.5 Å². The van der Waals surface area contributed by atoms with Gasteiger partial charge in [-0.1, -0.05) is 127 Å². The van der Waals surface area contributed by atoms with E-state index in [-0.39, 0.29) is 0 Å². The third-order valence-corrected chi connectivity index (χ3v) is 8.80. The second-order valence-corrected chi connectivity index (χ2v) is 11.2. The van der Waals surface area contributed by atoms with Gasteiger partial charge < -0.3 is 4.40 Å². The fourth-order valence-electron chi connectivity index (χ4n) is 6.87. The number of hydrogen-bond donors (Lipinski definition) is 0. The van der Waals surface area contributed by atoms with E-state index in [0.717, 1.165) is 16.9 Å². The zero-order valence-corrected chi connectivity index (χ0v) is 23.4. The highest BCUT2D eigenvalue weighted by Gasteiger charge is 2.19. The Kier molecular flexibility index (Phi) is 5.23. The van der Waals surface area contributed by atoms with Gasteiger partial charge in [0.05, 0.1) is 5.69 Å². The first-order chi connectivity index (χ1) is 21.3. The molecule has 0 unspecified atom stereocenters. The van der Waals surface area contributed by atoms with Gasteiger partial charge in [0, 0.05) is 18.0 Å². The van der Waals surface area contributed by atoms with Gasteiger partial charge in [0.25, 0.3) is 0 Å². The van der Waals surface area contributed by atoms with Crippen LogP contribution in [0, 0.1) is 0 Å². The average molecular weight is 547 g/mol. The topological polar surface area (TPSA) is 17.3 Å². The number of hydrogen-bond acceptors (Lipinski definition) is 1. The van der Waals surface area contributed by atoms with E-state index >= 15 is 0 Å². The van der Waals surface area contributed by atoms with Crippen molar-refractivity contribution in [2.75, 3.05) is 0 Å². The lowest BCUT2D eigenvalue weighted by atomic mass is 9.84. The van der Waals surface area contributed by atoms with Gasteiger partial charge in [0.1, 0.15) is 5.65 Å². The number of aromatic nitrogens is 2. The number of imidazole rings is 1. The van der Waals surface area contributed by atoms with E-state index in [0.29, 0.717) is 0 Å². The van der Waals surface area contributed by atoms with Crippen LogP contribution in [0.4, 0.5) is 0 Å². The average Bonchev–Trinajstić information content (AvgIpc) is 3.52. The van der Waals surface area contributed by atoms with Crippen LogP contribution in [0.25, 0.3) is 82.2 Å². The molecule has 0 N–H and O–H groups in total. The molecule has 9 rings (SSSR count). The quantitative estimate of drug-likeness (QED) is 0.159. The van der Waals surface area contributed by atoms with E-state index in [1.54, 1.807) is 0 Å². The Morgan fingerprint density at radius 3 is 1.63 bits per heavy atom. The molecule has 2 heteroatoms. The molecule has 0 radical (unpaired) electrons. The molecule has 2 aromatic heterocycles. The van der Waals surface area contributed by atoms with Crippen molar-refractivity contribution >= 4 is 48.7 Å². The van der Waals surface area contributed by atoms with Crippen molar-refractivity contribution in [1.29, 1.82) is 0 Å². The van der Waals surface area contributed by atoms with Crippen molar-refractivity contribution in [2.24, 2.45) is 0 Å². The Bertz CT molecular complexity index is 2410. The molecule has 0 aliphatic rings. The van der Waals surface area contributed by atoms with Crippen LogP contribution in [0.5, 0.6) is 0 Å². The second kappa shape index (κ2) is 9.40. The summed E-state index contributed by atoms with van der Waals surface area (Å²) in [6, 6.07) is 52.7. The number of fused-ring (bicyclic) bond motifs is 6. The van der Waals surface area contributed by atoms with Crippen LogP contribution in [0.15, 0.2) is 158 Å². The molecule has 0 atom stereocenters. The van der Waals surface area contributed by atoms with Gasteiger partial charge in [0.15, 0.2) is 0 Å². The summed E-state index contributed by atoms with van der Waals surface area (Å²) in [5.74, 6) is 0. The number of nitrogens with zero attached hydrogens (tertiary/aromatic N) is 2. The minimum Gasteiger partial charge on any atom is -0.306 e. The van der Waals surface area contributed by atoms with Crippen molar-refractivity contribution in [3.8, 4) is 33.5 Å². The molecular formula is C41H26N2. The highest BCUT2D eigenvalue weighted by atomic mass is 15.0. The predicted octanol–water partition coefficient (Wildman–Crippen LogP) is 10.9. The normalized spacial score (nSPS) is 11.7. The summed E-state index contributed by atoms with van der Waals surface area (Å²) in [6.45, 7) is 0. The summed E-state index contributed by atoms with van der Waals surface area (Å²) < 4.78 is 2.07. The Balaban J connectivity index is 1.31. The Morgan fingerprint density at radius 1 is 0.419 bits per heavy atom. The molecule has 2 heterocycles. The van der Waals surface area contributed by atoms with E-state index in [1.165, 1.54) is 65.3 Å². The van der Waals surface area contributed by atoms with Crippen molar-refractivity contribution in [1.82, 2.24) is 9.38 Å². The van der Waals surface area contributed by atoms with Gasteiger partial charge in [-0.15, -0.1) is 0 Å². The lowest BCUT2D eigenvalue weighted by Gasteiger charge is -2.19. The number of rotatable bonds is 3. The molecule has 9 aromatic rings. The molecule has 0 saturated heterocycles. The Labute approximate surface area is 249 Å². The summed E-state index contributed by atoms with van der Waals surface area (Å²) in [5, 5.41) is 10.2. The fraction of sp³-hybridized carbons (Fsp3) is 0. The van der Waals surface area contributed by atoms with Crippen molar-refractivity contribution in [2.45, 2.75) is 0 Å². The molecule has 43 heavy (non-hydrogen) atoms. The lowest BCUT2D eigenvalue weighted by Crippen LogP contribution is -1.92. The molecular weight excluding hydrogens is 520 g/mol. The second-order valence-electron chi connectivity index (χ2n) is 11.2. The first-order valence-corrected chi connectivity index (χ1v) is 14.7. The van der Waals surface area contributed by atoms with Gasteiger partial charge in [-0.3, -0.25) is 0 Å². The highest BCUT2D eigenvalue weighted by molar-refractivity contribution is 6.25. The summed E-state index contributed by atoms with van der Waals surface area (Å²) in [7, 11) is 0. The smallest absolute Gasteiger partial charge is 0.137 e. The van der Waals surface area contributed by atoms with Gasteiger partial charge in [0.2, 0.25) is 0 Å². The summed E-state index contributed by atoms with van der Waals surface area (Å²) in [5.41, 5.74) is 8.08. The molecule has 0 aliphatic heterocycles. The zero-order valence-electron chi connectivity index (χ0n) is 23.4. The van der Waals surface area contributed by atoms with Crippen molar-refractivity contribution in [3.63, 3.8) is 0 Å². The zero-order chi connectivity index (χ0) is 28.3. The molecule has 0 spiro atoms. The predicted molar refractivity (Wildman–Crippen MR) is 182 cm³/mol. The molecule has 0 fully saturated rings. The van der Waals surface area contributed by atoms with Crippen LogP contribution in [-0.2, 0) is 0 Å². The summed E-state index contributed by atoms with van der Waals surface area (Å²) >= 11 is 0. The van der Waals surface area contributed by atoms with Crippen LogP contribution in [0.3, 0.4) is 0 Å². The van der Waals surface area contributed by atoms with Crippen molar-refractivity contribution in [3.05, 3.63) is 158 Å². The summed E-state index contributed by atoms with van der Waals surface area (Å²) in [4.78, 5) is 4.84. The standard InChI is InChI=1S/C41H26N2/c1-2-12-30-29(11-1)25-37(32-14-4-3-13-31(30)32)41-35-17-7-5-15-33(35)40(34-16-6-8-18-36(34)41)28-22-20-27(21-23-28)38-26-43-24-10-9-19-39(43)42-38/h1-26H. The minimum atomic E-state index is 0.954. The van der Waals surface area contributed by atoms with E-state index in [4.69, 9.17) is 4.98 Å². The molecule has 0 saturated carbocycles. The van der Waals surface area contributed by atoms with Crippen LogP contribution in [0.1, 0.15) is 0 Å². The maximum Gasteiger partial charge on any atom is 0.137 e. The monoisotopic (exact) mass is 546 g/mol. The molecule has 2 nitrogen and oxygen atoms in total. The molecule has 0 aliphatic carbocycles. The number of pyridine rings is 1. The van der Waals surface area contributed by atoms with E-state index in [2.05, 4.69) is 138 Å². The lowest BCUT2D eigenvalue weighted by molar-refractivity contribution is 1.19.